The molecule has 0 spiro atoms. The van der Waals surface area contributed by atoms with Crippen LogP contribution in [0, 0.1) is 13.8 Å². The molecule has 5 heteroatoms. The van der Waals surface area contributed by atoms with Crippen LogP contribution in [-0.2, 0) is 0 Å². The summed E-state index contributed by atoms with van der Waals surface area (Å²) in [5.74, 6) is 0.929. The van der Waals surface area contributed by atoms with E-state index < -0.39 is 0 Å². The van der Waals surface area contributed by atoms with Gasteiger partial charge < -0.3 is 9.88 Å². The van der Waals surface area contributed by atoms with Crippen molar-refractivity contribution in [3.05, 3.63) is 40.3 Å². The molecule has 1 saturated heterocycles. The van der Waals surface area contributed by atoms with Crippen LogP contribution in [0.25, 0.3) is 11.3 Å². The van der Waals surface area contributed by atoms with Gasteiger partial charge in [-0.2, -0.15) is 0 Å². The highest BCUT2D eigenvalue weighted by Crippen LogP contribution is 2.30. The van der Waals surface area contributed by atoms with Crippen molar-refractivity contribution in [2.75, 3.05) is 13.1 Å². The third kappa shape index (κ3) is 2.88. The first-order valence-corrected chi connectivity index (χ1v) is 8.06. The van der Waals surface area contributed by atoms with Crippen LogP contribution in [0.1, 0.15) is 41.1 Å². The number of aryl methyl sites for hydroxylation is 2. The Morgan fingerprint density at radius 2 is 1.95 bits per heavy atom. The number of piperidine rings is 1. The number of benzene rings is 1. The van der Waals surface area contributed by atoms with Crippen molar-refractivity contribution in [2.24, 2.45) is 0 Å². The molecule has 0 atom stereocenters. The Kier molecular flexibility index (Phi) is 4.21. The van der Waals surface area contributed by atoms with E-state index in [-0.39, 0.29) is 5.91 Å². The van der Waals surface area contributed by atoms with Crippen LogP contribution in [0.4, 0.5) is 0 Å². The summed E-state index contributed by atoms with van der Waals surface area (Å²) in [6.45, 7) is 5.56. The third-order valence-electron chi connectivity index (χ3n) is 4.11. The van der Waals surface area contributed by atoms with E-state index in [1.54, 1.807) is 12.1 Å². The average molecular weight is 318 g/mol. The number of likely N-dealkylation sites (tertiary alicyclic amines) is 1. The summed E-state index contributed by atoms with van der Waals surface area (Å²) in [5, 5.41) is 0.616. The van der Waals surface area contributed by atoms with Gasteiger partial charge in [0.1, 0.15) is 5.82 Å². The second-order valence-electron chi connectivity index (χ2n) is 5.84. The molecular weight excluding hydrogens is 298 g/mol. The maximum atomic E-state index is 12.6. The fourth-order valence-electron chi connectivity index (χ4n) is 2.99. The number of rotatable bonds is 2. The van der Waals surface area contributed by atoms with Crippen LogP contribution in [0.5, 0.6) is 0 Å². The largest absolute Gasteiger partial charge is 0.346 e. The van der Waals surface area contributed by atoms with Crippen molar-refractivity contribution in [3.63, 3.8) is 0 Å². The Bertz CT molecular complexity index is 702. The lowest BCUT2D eigenvalue weighted by Crippen LogP contribution is -2.35. The van der Waals surface area contributed by atoms with Gasteiger partial charge in [0.05, 0.1) is 10.7 Å². The van der Waals surface area contributed by atoms with Crippen LogP contribution < -0.4 is 0 Å². The molecule has 2 heterocycles. The van der Waals surface area contributed by atoms with E-state index >= 15 is 0 Å². The van der Waals surface area contributed by atoms with Crippen molar-refractivity contribution >= 4 is 17.5 Å². The van der Waals surface area contributed by atoms with Crippen molar-refractivity contribution in [2.45, 2.75) is 33.1 Å². The topological polar surface area (TPSA) is 49.0 Å². The predicted molar refractivity (Wildman–Crippen MR) is 88.3 cm³/mol. The molecule has 1 aromatic carbocycles. The first-order valence-electron chi connectivity index (χ1n) is 7.68. The molecule has 3 rings (SSSR count). The average Bonchev–Trinajstić information content (AvgIpc) is 2.86. The number of nitrogens with one attached hydrogen (secondary N) is 1. The Labute approximate surface area is 135 Å². The highest BCUT2D eigenvalue weighted by Gasteiger charge is 2.20. The van der Waals surface area contributed by atoms with Crippen LogP contribution in [0.3, 0.4) is 0 Å². The van der Waals surface area contributed by atoms with Crippen LogP contribution in [-0.4, -0.2) is 33.9 Å². The van der Waals surface area contributed by atoms with Gasteiger partial charge in [0, 0.05) is 29.9 Å². The van der Waals surface area contributed by atoms with Crippen LogP contribution in [0.2, 0.25) is 5.02 Å². The monoisotopic (exact) mass is 317 g/mol. The molecule has 116 valence electrons. The van der Waals surface area contributed by atoms with E-state index in [4.69, 9.17) is 11.6 Å². The van der Waals surface area contributed by atoms with E-state index in [1.165, 1.54) is 6.42 Å². The Morgan fingerprint density at radius 3 is 2.59 bits per heavy atom. The summed E-state index contributed by atoms with van der Waals surface area (Å²) in [6, 6.07) is 5.46. The van der Waals surface area contributed by atoms with E-state index in [2.05, 4.69) is 9.97 Å². The molecule has 1 aliphatic rings. The number of hydrogen-bond acceptors (Lipinski definition) is 2. The lowest BCUT2D eigenvalue weighted by atomic mass is 10.0. The SMILES string of the molecule is Cc1nc(-c2cc(C(=O)N3CCCCC3)ccc2Cl)c(C)[nH]1. The molecular formula is C17H20ClN3O. The zero-order chi connectivity index (χ0) is 15.7. The number of nitrogens with zero attached hydrogens (tertiary/aromatic N) is 2. The lowest BCUT2D eigenvalue weighted by molar-refractivity contribution is 0.0724. The highest BCUT2D eigenvalue weighted by molar-refractivity contribution is 6.33. The van der Waals surface area contributed by atoms with Gasteiger partial charge in [-0.3, -0.25) is 4.79 Å². The maximum absolute atomic E-state index is 12.6. The maximum Gasteiger partial charge on any atom is 0.253 e. The predicted octanol–water partition coefficient (Wildman–Crippen LogP) is 3.97. The number of carbonyl (C=O) groups is 1. The van der Waals surface area contributed by atoms with Gasteiger partial charge in [-0.05, 0) is 51.3 Å². The standard InChI is InChI=1S/C17H20ClN3O/c1-11-16(20-12(2)19-11)14-10-13(6-7-15(14)18)17(22)21-8-4-3-5-9-21/h6-7,10H,3-5,8-9H2,1-2H3,(H,19,20). The molecule has 1 amide bonds. The van der Waals surface area contributed by atoms with Crippen molar-refractivity contribution in [1.29, 1.82) is 0 Å². The number of imidazole rings is 1. The molecule has 1 aromatic heterocycles. The Morgan fingerprint density at radius 1 is 1.23 bits per heavy atom. The number of H-pyrrole nitrogens is 1. The Hall–Kier alpha value is -1.81. The van der Waals surface area contributed by atoms with E-state index in [9.17, 15) is 4.79 Å². The van der Waals surface area contributed by atoms with Gasteiger partial charge in [-0.25, -0.2) is 4.98 Å². The van der Waals surface area contributed by atoms with E-state index in [0.717, 1.165) is 48.7 Å². The zero-order valence-electron chi connectivity index (χ0n) is 12.9. The molecule has 4 nitrogen and oxygen atoms in total. The molecule has 0 aliphatic carbocycles. The number of halogens is 1. The van der Waals surface area contributed by atoms with Gasteiger partial charge >= 0.3 is 0 Å². The molecule has 0 bridgehead atoms. The highest BCUT2D eigenvalue weighted by atomic mass is 35.5. The second kappa shape index (κ2) is 6.13. The summed E-state index contributed by atoms with van der Waals surface area (Å²) < 4.78 is 0. The quantitative estimate of drug-likeness (QED) is 0.911. The molecule has 1 N–H and O–H groups in total. The van der Waals surface area contributed by atoms with Gasteiger partial charge in [0.15, 0.2) is 0 Å². The van der Waals surface area contributed by atoms with Crippen molar-refractivity contribution in [1.82, 2.24) is 14.9 Å². The second-order valence-corrected chi connectivity index (χ2v) is 6.25. The first kappa shape index (κ1) is 15.1. The van der Waals surface area contributed by atoms with Crippen LogP contribution in [0.15, 0.2) is 18.2 Å². The normalized spacial score (nSPS) is 15.1. The molecule has 1 aliphatic heterocycles. The summed E-state index contributed by atoms with van der Waals surface area (Å²) >= 11 is 6.32. The number of amides is 1. The van der Waals surface area contributed by atoms with Gasteiger partial charge in [-0.1, -0.05) is 11.6 Å². The number of hydrogen-bond donors (Lipinski definition) is 1. The summed E-state index contributed by atoms with van der Waals surface area (Å²) in [5.41, 5.74) is 3.27. The van der Waals surface area contributed by atoms with Gasteiger partial charge in [0.25, 0.3) is 5.91 Å². The first-order chi connectivity index (χ1) is 10.6. The minimum atomic E-state index is 0.0857. The Balaban J connectivity index is 1.96. The van der Waals surface area contributed by atoms with Crippen LogP contribution >= 0.6 is 11.6 Å². The summed E-state index contributed by atoms with van der Waals surface area (Å²) in [7, 11) is 0. The molecule has 2 aromatic rings. The summed E-state index contributed by atoms with van der Waals surface area (Å²) in [4.78, 5) is 22.2. The zero-order valence-corrected chi connectivity index (χ0v) is 13.7. The smallest absolute Gasteiger partial charge is 0.253 e. The minimum Gasteiger partial charge on any atom is -0.346 e. The fourth-order valence-corrected chi connectivity index (χ4v) is 3.20. The fraction of sp³-hybridized carbons (Fsp3) is 0.412. The van der Waals surface area contributed by atoms with E-state index in [1.807, 2.05) is 24.8 Å². The molecule has 1 fully saturated rings. The molecule has 0 radical (unpaired) electrons. The number of aromatic amines is 1. The molecule has 0 saturated carbocycles. The van der Waals surface area contributed by atoms with Gasteiger partial charge in [0.2, 0.25) is 0 Å². The third-order valence-corrected chi connectivity index (χ3v) is 4.44. The minimum absolute atomic E-state index is 0.0857. The van der Waals surface area contributed by atoms with E-state index in [0.29, 0.717) is 10.6 Å². The summed E-state index contributed by atoms with van der Waals surface area (Å²) in [6.07, 6.45) is 3.38. The number of aromatic nitrogens is 2. The molecule has 22 heavy (non-hydrogen) atoms. The van der Waals surface area contributed by atoms with Gasteiger partial charge in [-0.15, -0.1) is 0 Å². The van der Waals surface area contributed by atoms with Crippen molar-refractivity contribution in [3.8, 4) is 11.3 Å². The van der Waals surface area contributed by atoms with Crippen molar-refractivity contribution < 1.29 is 4.79 Å². The number of carbonyl (C=O) groups excluding carboxylic acids is 1. The lowest BCUT2D eigenvalue weighted by Gasteiger charge is -2.26. The molecule has 0 unspecified atom stereocenters.